The van der Waals surface area contributed by atoms with Gasteiger partial charge in [0.05, 0.1) is 12.4 Å². The molecule has 2 N–H and O–H groups in total. The Kier molecular flexibility index (Phi) is 2.95. The summed E-state index contributed by atoms with van der Waals surface area (Å²) >= 11 is 0. The zero-order chi connectivity index (χ0) is 11.5. The van der Waals surface area contributed by atoms with Gasteiger partial charge in [0.25, 0.3) is 0 Å². The largest absolute Gasteiger partial charge is 0.358 e. The lowest BCUT2D eigenvalue weighted by molar-refractivity contribution is 0.650. The molecule has 2 heterocycles. The summed E-state index contributed by atoms with van der Waals surface area (Å²) in [4.78, 5) is 6.14. The van der Waals surface area contributed by atoms with Crippen molar-refractivity contribution in [3.05, 3.63) is 12.4 Å². The molecular formula is C9H15N7. The van der Waals surface area contributed by atoms with Gasteiger partial charge in [-0.3, -0.25) is 4.98 Å². The fourth-order valence-electron chi connectivity index (χ4n) is 1.44. The Hall–Kier alpha value is -1.76. The standard InChI is InChI=1S/C9H15N7/c1-7(10)3-4-15(2)9-6-11-5-8-12-13-14-16(8)9/h5-7H,3-4,10H2,1-2H3. The molecule has 0 bridgehead atoms. The first-order valence-electron chi connectivity index (χ1n) is 5.17. The van der Waals surface area contributed by atoms with E-state index in [1.165, 1.54) is 0 Å². The van der Waals surface area contributed by atoms with E-state index < -0.39 is 0 Å². The molecule has 0 amide bonds. The van der Waals surface area contributed by atoms with Crippen molar-refractivity contribution in [3.63, 3.8) is 0 Å². The molecule has 1 atom stereocenters. The Morgan fingerprint density at radius 1 is 1.50 bits per heavy atom. The van der Waals surface area contributed by atoms with Gasteiger partial charge in [-0.2, -0.15) is 4.52 Å². The molecule has 0 saturated heterocycles. The normalized spacial score (nSPS) is 12.9. The number of nitrogens with two attached hydrogens (primary N) is 1. The van der Waals surface area contributed by atoms with Crippen molar-refractivity contribution in [2.45, 2.75) is 19.4 Å². The predicted molar refractivity (Wildman–Crippen MR) is 60.1 cm³/mol. The molecule has 0 aliphatic carbocycles. The molecule has 86 valence electrons. The van der Waals surface area contributed by atoms with Crippen LogP contribution in [-0.4, -0.2) is 44.7 Å². The summed E-state index contributed by atoms with van der Waals surface area (Å²) in [5.41, 5.74) is 6.37. The van der Waals surface area contributed by atoms with E-state index in [0.29, 0.717) is 5.65 Å². The molecule has 1 unspecified atom stereocenters. The highest BCUT2D eigenvalue weighted by molar-refractivity contribution is 5.45. The summed E-state index contributed by atoms with van der Waals surface area (Å²) in [5.74, 6) is 0.864. The van der Waals surface area contributed by atoms with Gasteiger partial charge in [-0.15, -0.1) is 5.10 Å². The van der Waals surface area contributed by atoms with Crippen molar-refractivity contribution in [1.82, 2.24) is 25.0 Å². The molecule has 0 fully saturated rings. The number of rotatable bonds is 4. The van der Waals surface area contributed by atoms with E-state index in [-0.39, 0.29) is 6.04 Å². The van der Waals surface area contributed by atoms with Gasteiger partial charge in [0, 0.05) is 19.6 Å². The van der Waals surface area contributed by atoms with Crippen molar-refractivity contribution in [1.29, 1.82) is 0 Å². The molecule has 2 aromatic rings. The highest BCUT2D eigenvalue weighted by atomic mass is 15.5. The first-order valence-corrected chi connectivity index (χ1v) is 5.17. The average Bonchev–Trinajstić information content (AvgIpc) is 2.73. The second-order valence-corrected chi connectivity index (χ2v) is 3.90. The zero-order valence-corrected chi connectivity index (χ0v) is 9.41. The molecule has 7 nitrogen and oxygen atoms in total. The van der Waals surface area contributed by atoms with Crippen LogP contribution in [0.4, 0.5) is 5.82 Å². The van der Waals surface area contributed by atoms with Gasteiger partial charge in [-0.1, -0.05) is 0 Å². The first-order chi connectivity index (χ1) is 7.68. The molecule has 0 aliphatic heterocycles. The van der Waals surface area contributed by atoms with Crippen LogP contribution in [0.1, 0.15) is 13.3 Å². The maximum Gasteiger partial charge on any atom is 0.199 e. The van der Waals surface area contributed by atoms with E-state index in [0.717, 1.165) is 18.8 Å². The van der Waals surface area contributed by atoms with Crippen LogP contribution >= 0.6 is 0 Å². The summed E-state index contributed by atoms with van der Waals surface area (Å²) in [5, 5.41) is 11.4. The van der Waals surface area contributed by atoms with Crippen LogP contribution in [0.25, 0.3) is 5.65 Å². The second-order valence-electron chi connectivity index (χ2n) is 3.90. The summed E-state index contributed by atoms with van der Waals surface area (Å²) < 4.78 is 1.66. The van der Waals surface area contributed by atoms with Gasteiger partial charge >= 0.3 is 0 Å². The van der Waals surface area contributed by atoms with Crippen LogP contribution in [0.15, 0.2) is 12.4 Å². The maximum atomic E-state index is 5.72. The predicted octanol–water partition coefficient (Wildman–Crippen LogP) is -0.307. The van der Waals surface area contributed by atoms with E-state index in [1.54, 1.807) is 16.9 Å². The molecule has 16 heavy (non-hydrogen) atoms. The van der Waals surface area contributed by atoms with Gasteiger partial charge < -0.3 is 10.6 Å². The third kappa shape index (κ3) is 2.08. The van der Waals surface area contributed by atoms with Gasteiger partial charge in [0.2, 0.25) is 0 Å². The molecule has 2 rings (SSSR count). The smallest absolute Gasteiger partial charge is 0.199 e. The van der Waals surface area contributed by atoms with Crippen molar-refractivity contribution >= 4 is 11.5 Å². The maximum absolute atomic E-state index is 5.72. The van der Waals surface area contributed by atoms with Gasteiger partial charge in [-0.25, -0.2) is 0 Å². The molecule has 0 saturated carbocycles. The Labute approximate surface area is 93.3 Å². The average molecular weight is 221 g/mol. The van der Waals surface area contributed by atoms with Crippen LogP contribution in [0.2, 0.25) is 0 Å². The minimum atomic E-state index is 0.184. The van der Waals surface area contributed by atoms with Crippen LogP contribution in [-0.2, 0) is 0 Å². The van der Waals surface area contributed by atoms with Gasteiger partial charge in [-0.05, 0) is 23.8 Å². The van der Waals surface area contributed by atoms with Crippen molar-refractivity contribution < 1.29 is 0 Å². The highest BCUT2D eigenvalue weighted by Crippen LogP contribution is 2.11. The van der Waals surface area contributed by atoms with Crippen molar-refractivity contribution in [2.24, 2.45) is 5.73 Å². The number of fused-ring (bicyclic) bond motifs is 1. The van der Waals surface area contributed by atoms with E-state index >= 15 is 0 Å². The summed E-state index contributed by atoms with van der Waals surface area (Å²) in [6.45, 7) is 2.84. The minimum absolute atomic E-state index is 0.184. The first kappa shape index (κ1) is 10.7. The van der Waals surface area contributed by atoms with Gasteiger partial charge in [0.15, 0.2) is 11.5 Å². The Balaban J connectivity index is 2.22. The second kappa shape index (κ2) is 4.40. The number of aromatic nitrogens is 5. The van der Waals surface area contributed by atoms with Crippen LogP contribution in [0.5, 0.6) is 0 Å². The van der Waals surface area contributed by atoms with Crippen LogP contribution in [0, 0.1) is 0 Å². The summed E-state index contributed by atoms with van der Waals surface area (Å²) in [6.07, 6.45) is 4.28. The Bertz CT molecular complexity index is 464. The highest BCUT2D eigenvalue weighted by Gasteiger charge is 2.08. The quantitative estimate of drug-likeness (QED) is 0.762. The fraction of sp³-hybridized carbons (Fsp3) is 0.556. The van der Waals surface area contributed by atoms with E-state index in [2.05, 4.69) is 20.5 Å². The minimum Gasteiger partial charge on any atom is -0.358 e. The van der Waals surface area contributed by atoms with Gasteiger partial charge in [0.1, 0.15) is 0 Å². The van der Waals surface area contributed by atoms with Crippen molar-refractivity contribution in [2.75, 3.05) is 18.5 Å². The number of hydrogen-bond donors (Lipinski definition) is 1. The molecule has 0 radical (unpaired) electrons. The summed E-state index contributed by atoms with van der Waals surface area (Å²) in [6, 6.07) is 0.184. The lowest BCUT2D eigenvalue weighted by atomic mass is 10.2. The molecule has 2 aromatic heterocycles. The third-order valence-electron chi connectivity index (χ3n) is 2.40. The molecule has 7 heteroatoms. The Morgan fingerprint density at radius 3 is 3.06 bits per heavy atom. The number of anilines is 1. The molecule has 0 aliphatic rings. The topological polar surface area (TPSA) is 85.2 Å². The van der Waals surface area contributed by atoms with E-state index in [9.17, 15) is 0 Å². The zero-order valence-electron chi connectivity index (χ0n) is 9.41. The molecule has 0 spiro atoms. The van der Waals surface area contributed by atoms with Crippen LogP contribution in [0.3, 0.4) is 0 Å². The lowest BCUT2D eigenvalue weighted by Gasteiger charge is -2.19. The summed E-state index contributed by atoms with van der Waals surface area (Å²) in [7, 11) is 1.97. The third-order valence-corrected chi connectivity index (χ3v) is 2.40. The molecular weight excluding hydrogens is 206 g/mol. The monoisotopic (exact) mass is 221 g/mol. The number of nitrogens with zero attached hydrogens (tertiary/aromatic N) is 6. The van der Waals surface area contributed by atoms with E-state index in [4.69, 9.17) is 5.73 Å². The van der Waals surface area contributed by atoms with E-state index in [1.807, 2.05) is 18.9 Å². The number of hydrogen-bond acceptors (Lipinski definition) is 6. The van der Waals surface area contributed by atoms with Crippen molar-refractivity contribution in [3.8, 4) is 0 Å². The fourth-order valence-corrected chi connectivity index (χ4v) is 1.44. The molecule has 0 aromatic carbocycles. The van der Waals surface area contributed by atoms with Crippen LogP contribution < -0.4 is 10.6 Å². The lowest BCUT2D eigenvalue weighted by Crippen LogP contribution is -2.27. The SMILES string of the molecule is CC(N)CCN(C)c1cncc2nnnn12. The Morgan fingerprint density at radius 2 is 2.31 bits per heavy atom. The number of tetrazole rings is 1.